The summed E-state index contributed by atoms with van der Waals surface area (Å²) >= 11 is 3.47. The molecule has 0 fully saturated rings. The van der Waals surface area contributed by atoms with E-state index < -0.39 is 0 Å². The highest BCUT2D eigenvalue weighted by molar-refractivity contribution is 9.10. The molecule has 0 unspecified atom stereocenters. The molecule has 0 aliphatic carbocycles. The van der Waals surface area contributed by atoms with E-state index in [4.69, 9.17) is 15.2 Å². The molecule has 1 aromatic rings. The number of hydrogen-bond acceptors (Lipinski definition) is 3. The highest BCUT2D eigenvalue weighted by atomic mass is 79.9. The van der Waals surface area contributed by atoms with Crippen LogP contribution in [0.5, 0.6) is 5.75 Å². The van der Waals surface area contributed by atoms with Gasteiger partial charge in [0.25, 0.3) is 0 Å². The number of nitrogens with two attached hydrogens (primary N) is 1. The Kier molecular flexibility index (Phi) is 5.43. The van der Waals surface area contributed by atoms with Gasteiger partial charge in [0.2, 0.25) is 0 Å². The van der Waals surface area contributed by atoms with Gasteiger partial charge >= 0.3 is 0 Å². The predicted octanol–water partition coefficient (Wildman–Crippen LogP) is 3.10. The van der Waals surface area contributed by atoms with Crippen molar-refractivity contribution in [1.29, 1.82) is 0 Å². The van der Waals surface area contributed by atoms with Crippen molar-refractivity contribution in [3.05, 3.63) is 28.2 Å². The predicted molar refractivity (Wildman–Crippen MR) is 73.2 cm³/mol. The van der Waals surface area contributed by atoms with E-state index in [-0.39, 0.29) is 5.60 Å². The molecule has 0 aromatic heterocycles. The van der Waals surface area contributed by atoms with E-state index in [0.717, 1.165) is 22.2 Å². The Bertz CT molecular complexity index is 366. The zero-order chi connectivity index (χ0) is 12.9. The van der Waals surface area contributed by atoms with Gasteiger partial charge in [0.1, 0.15) is 5.75 Å². The standard InChI is InChI=1S/C13H20BrNO2/c1-13(2,16-3)7-8-17-12-6-4-5-11(14)10(12)9-15/h4-6H,7-9,15H2,1-3H3. The van der Waals surface area contributed by atoms with Crippen LogP contribution in [0.1, 0.15) is 25.8 Å². The van der Waals surface area contributed by atoms with Crippen LogP contribution in [0.2, 0.25) is 0 Å². The Morgan fingerprint density at radius 1 is 1.35 bits per heavy atom. The van der Waals surface area contributed by atoms with Crippen LogP contribution in [0.3, 0.4) is 0 Å². The Morgan fingerprint density at radius 2 is 2.06 bits per heavy atom. The first-order chi connectivity index (χ1) is 8.00. The van der Waals surface area contributed by atoms with Crippen LogP contribution in [0.15, 0.2) is 22.7 Å². The van der Waals surface area contributed by atoms with Crippen molar-refractivity contribution in [2.24, 2.45) is 5.73 Å². The van der Waals surface area contributed by atoms with Crippen molar-refractivity contribution in [2.75, 3.05) is 13.7 Å². The van der Waals surface area contributed by atoms with Gasteiger partial charge in [0.05, 0.1) is 12.2 Å². The lowest BCUT2D eigenvalue weighted by molar-refractivity contribution is 0.00537. The van der Waals surface area contributed by atoms with Crippen molar-refractivity contribution in [2.45, 2.75) is 32.4 Å². The maximum Gasteiger partial charge on any atom is 0.124 e. The average Bonchev–Trinajstić information content (AvgIpc) is 2.29. The van der Waals surface area contributed by atoms with E-state index in [0.29, 0.717) is 13.2 Å². The molecule has 0 bridgehead atoms. The highest BCUT2D eigenvalue weighted by Gasteiger charge is 2.16. The lowest BCUT2D eigenvalue weighted by atomic mass is 10.1. The van der Waals surface area contributed by atoms with Gasteiger partial charge < -0.3 is 15.2 Å². The second-order valence-electron chi connectivity index (χ2n) is 4.48. The van der Waals surface area contributed by atoms with Crippen molar-refractivity contribution < 1.29 is 9.47 Å². The van der Waals surface area contributed by atoms with Gasteiger partial charge in [-0.25, -0.2) is 0 Å². The van der Waals surface area contributed by atoms with E-state index in [1.165, 1.54) is 0 Å². The molecule has 96 valence electrons. The summed E-state index contributed by atoms with van der Waals surface area (Å²) in [6, 6.07) is 5.85. The molecule has 0 saturated carbocycles. The van der Waals surface area contributed by atoms with Crippen LogP contribution in [-0.4, -0.2) is 19.3 Å². The molecule has 0 amide bonds. The fourth-order valence-corrected chi connectivity index (χ4v) is 1.89. The van der Waals surface area contributed by atoms with Gasteiger partial charge in [-0.2, -0.15) is 0 Å². The second-order valence-corrected chi connectivity index (χ2v) is 5.34. The molecule has 0 atom stereocenters. The van der Waals surface area contributed by atoms with Crippen molar-refractivity contribution >= 4 is 15.9 Å². The number of ether oxygens (including phenoxy) is 2. The molecular formula is C13H20BrNO2. The number of benzene rings is 1. The fraction of sp³-hybridized carbons (Fsp3) is 0.538. The van der Waals surface area contributed by atoms with Gasteiger partial charge in [0, 0.05) is 30.1 Å². The highest BCUT2D eigenvalue weighted by Crippen LogP contribution is 2.26. The summed E-state index contributed by atoms with van der Waals surface area (Å²) in [5.74, 6) is 0.841. The molecule has 3 nitrogen and oxygen atoms in total. The third-order valence-electron chi connectivity index (χ3n) is 2.79. The molecule has 0 aliphatic heterocycles. The summed E-state index contributed by atoms with van der Waals surface area (Å²) in [5.41, 5.74) is 6.55. The first kappa shape index (κ1) is 14.5. The third kappa shape index (κ3) is 4.30. The first-order valence-corrected chi connectivity index (χ1v) is 6.45. The topological polar surface area (TPSA) is 44.5 Å². The second kappa shape index (κ2) is 6.38. The molecule has 0 saturated heterocycles. The minimum atomic E-state index is -0.158. The zero-order valence-corrected chi connectivity index (χ0v) is 12.2. The lowest BCUT2D eigenvalue weighted by Crippen LogP contribution is -2.25. The first-order valence-electron chi connectivity index (χ1n) is 5.65. The van der Waals surface area contributed by atoms with E-state index in [2.05, 4.69) is 15.9 Å². The molecule has 17 heavy (non-hydrogen) atoms. The SMILES string of the molecule is COC(C)(C)CCOc1cccc(Br)c1CN. The summed E-state index contributed by atoms with van der Waals surface area (Å²) in [6.07, 6.45) is 0.833. The Hall–Kier alpha value is -0.580. The lowest BCUT2D eigenvalue weighted by Gasteiger charge is -2.23. The average molecular weight is 302 g/mol. The molecule has 0 aliphatic rings. The maximum absolute atomic E-state index is 5.76. The van der Waals surface area contributed by atoms with E-state index in [1.807, 2.05) is 32.0 Å². The molecule has 0 spiro atoms. The zero-order valence-electron chi connectivity index (χ0n) is 10.6. The minimum Gasteiger partial charge on any atom is -0.493 e. The molecule has 2 N–H and O–H groups in total. The monoisotopic (exact) mass is 301 g/mol. The third-order valence-corrected chi connectivity index (χ3v) is 3.54. The maximum atomic E-state index is 5.76. The summed E-state index contributed by atoms with van der Waals surface area (Å²) in [7, 11) is 1.71. The summed E-state index contributed by atoms with van der Waals surface area (Å²) in [5, 5.41) is 0. The number of halogens is 1. The number of rotatable bonds is 6. The minimum absolute atomic E-state index is 0.158. The summed E-state index contributed by atoms with van der Waals surface area (Å²) in [6.45, 7) is 5.16. The van der Waals surface area contributed by atoms with Gasteiger partial charge in [-0.05, 0) is 26.0 Å². The van der Waals surface area contributed by atoms with Crippen LogP contribution >= 0.6 is 15.9 Å². The summed E-state index contributed by atoms with van der Waals surface area (Å²) in [4.78, 5) is 0. The van der Waals surface area contributed by atoms with Gasteiger partial charge in [-0.3, -0.25) is 0 Å². The molecule has 1 rings (SSSR count). The molecular weight excluding hydrogens is 282 g/mol. The van der Waals surface area contributed by atoms with Crippen molar-refractivity contribution in [1.82, 2.24) is 0 Å². The van der Waals surface area contributed by atoms with Crippen LogP contribution in [0.25, 0.3) is 0 Å². The van der Waals surface area contributed by atoms with Crippen LogP contribution < -0.4 is 10.5 Å². The fourth-order valence-electron chi connectivity index (χ4n) is 1.38. The Balaban J connectivity index is 2.61. The quantitative estimate of drug-likeness (QED) is 0.878. The van der Waals surface area contributed by atoms with E-state index in [9.17, 15) is 0 Å². The Morgan fingerprint density at radius 3 is 2.65 bits per heavy atom. The largest absolute Gasteiger partial charge is 0.493 e. The molecule has 0 heterocycles. The Labute approximate surface area is 111 Å². The number of hydrogen-bond donors (Lipinski definition) is 1. The van der Waals surface area contributed by atoms with Crippen LogP contribution in [0.4, 0.5) is 0 Å². The normalized spacial score (nSPS) is 11.6. The number of methoxy groups -OCH3 is 1. The molecule has 0 radical (unpaired) electrons. The van der Waals surface area contributed by atoms with Crippen LogP contribution in [0, 0.1) is 0 Å². The molecule has 1 aromatic carbocycles. The van der Waals surface area contributed by atoms with E-state index in [1.54, 1.807) is 7.11 Å². The summed E-state index contributed by atoms with van der Waals surface area (Å²) < 4.78 is 12.1. The van der Waals surface area contributed by atoms with Crippen molar-refractivity contribution in [3.63, 3.8) is 0 Å². The van der Waals surface area contributed by atoms with Gasteiger partial charge in [-0.1, -0.05) is 22.0 Å². The smallest absolute Gasteiger partial charge is 0.124 e. The van der Waals surface area contributed by atoms with Gasteiger partial charge in [0.15, 0.2) is 0 Å². The molecule has 4 heteroatoms. The van der Waals surface area contributed by atoms with Gasteiger partial charge in [-0.15, -0.1) is 0 Å². The van der Waals surface area contributed by atoms with E-state index >= 15 is 0 Å². The van der Waals surface area contributed by atoms with Crippen LogP contribution in [-0.2, 0) is 11.3 Å². The van der Waals surface area contributed by atoms with Crippen molar-refractivity contribution in [3.8, 4) is 5.75 Å².